The third-order valence-electron chi connectivity index (χ3n) is 12.5. The molecular formula is C36H67N5O4. The molecule has 13 rings (SSSR count). The van der Waals surface area contributed by atoms with Crippen LogP contribution >= 0.6 is 0 Å². The smallest absolute Gasteiger partial charge is 0.0731 e. The van der Waals surface area contributed by atoms with E-state index in [4.69, 9.17) is 14.2 Å². The molecule has 0 aromatic heterocycles. The predicted octanol–water partition coefficient (Wildman–Crippen LogP) is 2.14. The Kier molecular flexibility index (Phi) is 11.9. The van der Waals surface area contributed by atoms with Gasteiger partial charge in [-0.3, -0.25) is 0 Å². The van der Waals surface area contributed by atoms with E-state index in [1.54, 1.807) is 0 Å². The quantitative estimate of drug-likeness (QED) is 0.468. The molecule has 10 unspecified atom stereocenters. The van der Waals surface area contributed by atoms with Crippen LogP contribution in [0.3, 0.4) is 0 Å². The monoisotopic (exact) mass is 634 g/mol. The third-order valence-corrected chi connectivity index (χ3v) is 12.5. The second-order valence-corrected chi connectivity index (χ2v) is 17.0. The van der Waals surface area contributed by atoms with E-state index in [9.17, 15) is 5.11 Å². The summed E-state index contributed by atoms with van der Waals surface area (Å²) in [5.74, 6) is 6.81. The number of aliphatic hydroxyl groups excluding tert-OH is 1. The number of piperidine rings is 7. The normalized spacial score (nSPS) is 46.2. The zero-order valence-electron chi connectivity index (χ0n) is 29.6. The zero-order chi connectivity index (χ0) is 31.7. The van der Waals surface area contributed by atoms with Gasteiger partial charge in [0.15, 0.2) is 0 Å². The molecule has 9 heteroatoms. The second-order valence-electron chi connectivity index (χ2n) is 17.0. The summed E-state index contributed by atoms with van der Waals surface area (Å²) in [4.78, 5) is 11.9. The molecule has 13 fully saturated rings. The Hall–Kier alpha value is -0.360. The van der Waals surface area contributed by atoms with Gasteiger partial charge in [-0.1, -0.05) is 0 Å². The summed E-state index contributed by atoms with van der Waals surface area (Å²) >= 11 is 0. The number of fused-ring (bicyclic) bond motifs is 9. The first-order chi connectivity index (χ1) is 21.6. The minimum absolute atomic E-state index is 0.0428. The van der Waals surface area contributed by atoms with Gasteiger partial charge in [-0.2, -0.15) is 0 Å². The van der Waals surface area contributed by atoms with Gasteiger partial charge >= 0.3 is 0 Å². The lowest BCUT2D eigenvalue weighted by Crippen LogP contribution is -2.57. The van der Waals surface area contributed by atoms with Crippen molar-refractivity contribution in [3.63, 3.8) is 0 Å². The van der Waals surface area contributed by atoms with E-state index in [1.165, 1.54) is 77.8 Å². The SMILES string of the molecule is CN1CC2CC(C1)C2O.CN1CC2CC(C1)O2.CN1CC2COCC(C2)C1.CN1CCC2CC2C1.COC1C2CC1CN(C)C2. The van der Waals surface area contributed by atoms with Crippen molar-refractivity contribution in [3.05, 3.63) is 0 Å². The molecule has 260 valence electrons. The van der Waals surface area contributed by atoms with Gasteiger partial charge in [-0.15, -0.1) is 0 Å². The molecule has 10 heterocycles. The number of likely N-dealkylation sites (tertiary alicyclic amines) is 2. The first-order valence-corrected chi connectivity index (χ1v) is 18.5. The summed E-state index contributed by atoms with van der Waals surface area (Å²) < 4.78 is 16.2. The van der Waals surface area contributed by atoms with Crippen molar-refractivity contribution in [3.8, 4) is 0 Å². The van der Waals surface area contributed by atoms with Gasteiger partial charge in [0.05, 0.1) is 37.6 Å². The maximum Gasteiger partial charge on any atom is 0.0731 e. The van der Waals surface area contributed by atoms with Crippen molar-refractivity contribution in [1.29, 1.82) is 0 Å². The van der Waals surface area contributed by atoms with Gasteiger partial charge in [-0.05, 0) is 121 Å². The molecule has 3 aliphatic carbocycles. The number of likely N-dealkylation sites (N-methyl/N-ethyl adjacent to an activating group) is 1. The van der Waals surface area contributed by atoms with E-state index in [0.717, 1.165) is 74.9 Å². The van der Waals surface area contributed by atoms with Crippen molar-refractivity contribution < 1.29 is 19.3 Å². The van der Waals surface area contributed by atoms with E-state index in [-0.39, 0.29) is 6.10 Å². The van der Waals surface area contributed by atoms with E-state index in [2.05, 4.69) is 59.7 Å². The summed E-state index contributed by atoms with van der Waals surface area (Å²) in [5, 5.41) is 9.32. The Morgan fingerprint density at radius 2 is 1.00 bits per heavy atom. The molecule has 0 radical (unpaired) electrons. The van der Waals surface area contributed by atoms with E-state index in [0.29, 0.717) is 30.1 Å². The van der Waals surface area contributed by atoms with E-state index < -0.39 is 0 Å². The number of aliphatic hydroxyl groups is 1. The highest BCUT2D eigenvalue weighted by atomic mass is 16.5. The lowest BCUT2D eigenvalue weighted by Gasteiger charge is -2.51. The predicted molar refractivity (Wildman–Crippen MR) is 179 cm³/mol. The van der Waals surface area contributed by atoms with Crippen molar-refractivity contribution >= 4 is 0 Å². The van der Waals surface area contributed by atoms with Crippen LogP contribution in [-0.2, 0) is 14.2 Å². The molecule has 0 amide bonds. The summed E-state index contributed by atoms with van der Waals surface area (Å²) in [6, 6.07) is 0. The Morgan fingerprint density at radius 3 is 1.44 bits per heavy atom. The molecule has 13 aliphatic rings. The molecule has 10 atom stereocenters. The van der Waals surface area contributed by atoms with Crippen LogP contribution in [0.25, 0.3) is 0 Å². The maximum atomic E-state index is 9.32. The highest BCUT2D eigenvalue weighted by molar-refractivity contribution is 4.98. The van der Waals surface area contributed by atoms with Crippen LogP contribution in [0, 0.1) is 47.3 Å². The molecule has 3 saturated carbocycles. The topological polar surface area (TPSA) is 64.1 Å². The van der Waals surface area contributed by atoms with Crippen LogP contribution in [0.15, 0.2) is 0 Å². The molecule has 0 aromatic carbocycles. The number of methoxy groups -OCH3 is 1. The standard InChI is InChI=1S/2C8H15NO.C7H13NO.C7H13N.C6H11NO/c1-9-3-7-2-8(4-9)6-10-5-7;1-9-4-6-3-7(5-9)8(6)10-2;1-8-3-5-2-6(4-8)7(5)9;1-8-3-2-6-4-7(6)5-8;1-7-3-5-2-6(4-7)8-5/h7-8H,2-6H2,1H3;6-8H,3-5H2,1-2H3;5-7,9H,2-4H2,1H3;6-7H,2-5H2,1H3;5-6H,2-4H2,1H3. The summed E-state index contributed by atoms with van der Waals surface area (Å²) in [5.41, 5.74) is 0. The fourth-order valence-corrected chi connectivity index (χ4v) is 10.1. The molecule has 45 heavy (non-hydrogen) atoms. The Bertz CT molecular complexity index is 863. The van der Waals surface area contributed by atoms with Crippen LogP contribution in [0.4, 0.5) is 0 Å². The van der Waals surface area contributed by atoms with Gasteiger partial charge in [0.2, 0.25) is 0 Å². The lowest BCUT2D eigenvalue weighted by molar-refractivity contribution is -0.175. The summed E-state index contributed by atoms with van der Waals surface area (Å²) in [6.45, 7) is 14.2. The van der Waals surface area contributed by atoms with Crippen LogP contribution in [0.5, 0.6) is 0 Å². The number of ether oxygens (including phenoxy) is 3. The number of rotatable bonds is 1. The van der Waals surface area contributed by atoms with Gasteiger partial charge < -0.3 is 43.8 Å². The number of morpholine rings is 1. The zero-order valence-corrected chi connectivity index (χ0v) is 29.6. The molecule has 9 nitrogen and oxygen atoms in total. The van der Waals surface area contributed by atoms with Crippen molar-refractivity contribution in [2.75, 3.05) is 121 Å². The third kappa shape index (κ3) is 9.21. The second kappa shape index (κ2) is 15.5. The van der Waals surface area contributed by atoms with Crippen LogP contribution < -0.4 is 0 Å². The molecule has 10 saturated heterocycles. The van der Waals surface area contributed by atoms with Crippen molar-refractivity contribution in [2.45, 2.75) is 62.9 Å². The molecular weight excluding hydrogens is 566 g/mol. The molecule has 8 bridgehead atoms. The number of hydrogen-bond donors (Lipinski definition) is 1. The first kappa shape index (κ1) is 34.5. The molecule has 1 N–H and O–H groups in total. The lowest BCUT2D eigenvalue weighted by atomic mass is 9.68. The van der Waals surface area contributed by atoms with Gasteiger partial charge in [0.25, 0.3) is 0 Å². The van der Waals surface area contributed by atoms with E-state index in [1.807, 2.05) is 7.11 Å². The minimum Gasteiger partial charge on any atom is -0.392 e. The summed E-state index contributed by atoms with van der Waals surface area (Å²) in [6.07, 6.45) is 10.2. The number of nitrogens with zero attached hydrogens (tertiary/aromatic N) is 5. The summed E-state index contributed by atoms with van der Waals surface area (Å²) in [7, 11) is 12.8. The molecule has 10 aliphatic heterocycles. The average Bonchev–Trinajstić information content (AvgIpc) is 3.76. The highest BCUT2D eigenvalue weighted by Gasteiger charge is 2.46. The Balaban J connectivity index is 0.0000000995. The van der Waals surface area contributed by atoms with Crippen molar-refractivity contribution in [1.82, 2.24) is 24.5 Å². The largest absolute Gasteiger partial charge is 0.392 e. The van der Waals surface area contributed by atoms with Crippen molar-refractivity contribution in [2.24, 2.45) is 47.3 Å². The Morgan fingerprint density at radius 1 is 0.533 bits per heavy atom. The number of hydrogen-bond acceptors (Lipinski definition) is 9. The van der Waals surface area contributed by atoms with Crippen LogP contribution in [0.2, 0.25) is 0 Å². The fraction of sp³-hybridized carbons (Fsp3) is 1.00. The van der Waals surface area contributed by atoms with Gasteiger partial charge in [0, 0.05) is 72.4 Å². The first-order valence-electron chi connectivity index (χ1n) is 18.5. The van der Waals surface area contributed by atoms with Crippen LogP contribution in [0.1, 0.15) is 38.5 Å². The van der Waals surface area contributed by atoms with Gasteiger partial charge in [-0.25, -0.2) is 0 Å². The molecule has 0 aromatic rings. The van der Waals surface area contributed by atoms with Crippen LogP contribution in [-0.4, -0.2) is 175 Å². The minimum atomic E-state index is 0.0428. The van der Waals surface area contributed by atoms with E-state index >= 15 is 0 Å². The highest BCUT2D eigenvalue weighted by Crippen LogP contribution is 2.44. The fourth-order valence-electron chi connectivity index (χ4n) is 10.1. The Labute approximate surface area is 274 Å². The maximum absolute atomic E-state index is 9.32. The van der Waals surface area contributed by atoms with Gasteiger partial charge in [0.1, 0.15) is 0 Å². The molecule has 0 spiro atoms. The average molecular weight is 634 g/mol.